The van der Waals surface area contributed by atoms with Crippen molar-refractivity contribution in [1.82, 2.24) is 9.88 Å². The summed E-state index contributed by atoms with van der Waals surface area (Å²) in [5.41, 5.74) is 6.33. The van der Waals surface area contributed by atoms with Crippen LogP contribution in [0.5, 0.6) is 0 Å². The number of nitrogens with zero attached hydrogens (tertiary/aromatic N) is 1. The highest BCUT2D eigenvalue weighted by Gasteiger charge is 2.40. The zero-order chi connectivity index (χ0) is 19.1. The fraction of sp³-hybridized carbons (Fsp3) is 0.462. The maximum atomic E-state index is 3.85. The zero-order valence-electron chi connectivity index (χ0n) is 17.2. The Balaban J connectivity index is 1.41. The molecule has 1 heterocycles. The van der Waals surface area contributed by atoms with Gasteiger partial charge in [-0.1, -0.05) is 48.5 Å². The molecule has 0 amide bonds. The topological polar surface area (TPSA) is 19.0 Å². The summed E-state index contributed by atoms with van der Waals surface area (Å²) in [5, 5.41) is 1.48. The molecule has 0 aliphatic heterocycles. The second-order valence-corrected chi connectivity index (χ2v) is 9.33. The van der Waals surface area contributed by atoms with E-state index in [1.165, 1.54) is 55.0 Å². The Morgan fingerprint density at radius 2 is 1.54 bits per heavy atom. The Morgan fingerprint density at radius 3 is 2.21 bits per heavy atom. The maximum absolute atomic E-state index is 3.85. The molecule has 2 fully saturated rings. The van der Waals surface area contributed by atoms with Gasteiger partial charge in [-0.2, -0.15) is 0 Å². The molecule has 28 heavy (non-hydrogen) atoms. The quantitative estimate of drug-likeness (QED) is 0.561. The van der Waals surface area contributed by atoms with Gasteiger partial charge < -0.3 is 9.88 Å². The molecule has 2 aromatic carbocycles. The minimum atomic E-state index is 0.295. The monoisotopic (exact) mass is 372 g/mol. The molecule has 3 aromatic rings. The SMILES string of the molecule is CN(C)C1(Cc2ccccc2)CCC(c2[nH]c3ccccc3c2C2CC2)CC1. The molecule has 2 aliphatic rings. The Bertz CT molecular complexity index is 941. The molecule has 2 heteroatoms. The number of H-pyrrole nitrogens is 1. The van der Waals surface area contributed by atoms with Gasteiger partial charge in [0, 0.05) is 22.1 Å². The van der Waals surface area contributed by atoms with E-state index in [1.54, 1.807) is 11.3 Å². The molecule has 2 nitrogen and oxygen atoms in total. The second-order valence-electron chi connectivity index (χ2n) is 9.33. The van der Waals surface area contributed by atoms with Gasteiger partial charge in [-0.25, -0.2) is 0 Å². The summed E-state index contributed by atoms with van der Waals surface area (Å²) >= 11 is 0. The van der Waals surface area contributed by atoms with Crippen LogP contribution in [-0.2, 0) is 6.42 Å². The van der Waals surface area contributed by atoms with Crippen molar-refractivity contribution in [2.45, 2.75) is 62.3 Å². The van der Waals surface area contributed by atoms with Crippen molar-refractivity contribution in [3.8, 4) is 0 Å². The van der Waals surface area contributed by atoms with Crippen LogP contribution in [0.3, 0.4) is 0 Å². The Kier molecular flexibility index (Phi) is 4.55. The van der Waals surface area contributed by atoms with Gasteiger partial charge in [0.2, 0.25) is 0 Å². The summed E-state index contributed by atoms with van der Waals surface area (Å²) in [6.07, 6.45) is 9.04. The predicted octanol–water partition coefficient (Wildman–Crippen LogP) is 6.25. The number of hydrogen-bond donors (Lipinski definition) is 1. The normalized spacial score (nSPS) is 25.5. The van der Waals surface area contributed by atoms with Crippen molar-refractivity contribution in [2.24, 2.45) is 0 Å². The summed E-state index contributed by atoms with van der Waals surface area (Å²) in [7, 11) is 4.56. The number of rotatable bonds is 5. The van der Waals surface area contributed by atoms with E-state index in [2.05, 4.69) is 78.6 Å². The van der Waals surface area contributed by atoms with Gasteiger partial charge in [-0.3, -0.25) is 0 Å². The van der Waals surface area contributed by atoms with Crippen LogP contribution in [0, 0.1) is 0 Å². The first-order valence-corrected chi connectivity index (χ1v) is 11.0. The summed E-state index contributed by atoms with van der Waals surface area (Å²) in [6.45, 7) is 0. The third kappa shape index (κ3) is 3.18. The maximum Gasteiger partial charge on any atom is 0.0459 e. The zero-order valence-corrected chi connectivity index (χ0v) is 17.2. The first kappa shape index (κ1) is 18.0. The summed E-state index contributed by atoms with van der Waals surface area (Å²) < 4.78 is 0. The lowest BCUT2D eigenvalue weighted by Gasteiger charge is -2.45. The van der Waals surface area contributed by atoms with Crippen molar-refractivity contribution in [3.63, 3.8) is 0 Å². The number of fused-ring (bicyclic) bond motifs is 1. The average Bonchev–Trinajstić information content (AvgIpc) is 3.48. The van der Waals surface area contributed by atoms with E-state index in [1.807, 2.05) is 0 Å². The molecular weight excluding hydrogens is 340 g/mol. The molecule has 1 N–H and O–H groups in total. The third-order valence-corrected chi connectivity index (χ3v) is 7.41. The fourth-order valence-corrected chi connectivity index (χ4v) is 5.52. The van der Waals surface area contributed by atoms with E-state index in [0.29, 0.717) is 11.5 Å². The standard InChI is InChI=1S/C26H32N2/c1-28(2)26(18-19-8-4-3-5-9-19)16-14-21(15-17-26)25-24(20-12-13-20)22-10-6-7-11-23(22)27-25/h3-11,20-21,27H,12-18H2,1-2H3. The summed E-state index contributed by atoms with van der Waals surface area (Å²) in [5.74, 6) is 1.49. The van der Waals surface area contributed by atoms with Gasteiger partial charge in [0.15, 0.2) is 0 Å². The van der Waals surface area contributed by atoms with Crippen LogP contribution in [0.25, 0.3) is 10.9 Å². The smallest absolute Gasteiger partial charge is 0.0459 e. The highest BCUT2D eigenvalue weighted by Crippen LogP contribution is 2.50. The number of para-hydroxylation sites is 1. The minimum Gasteiger partial charge on any atom is -0.358 e. The highest BCUT2D eigenvalue weighted by atomic mass is 15.1. The molecule has 0 spiro atoms. The number of benzene rings is 2. The van der Waals surface area contributed by atoms with E-state index in [4.69, 9.17) is 0 Å². The van der Waals surface area contributed by atoms with Crippen LogP contribution >= 0.6 is 0 Å². The molecule has 0 unspecified atom stereocenters. The number of hydrogen-bond acceptors (Lipinski definition) is 1. The van der Waals surface area contributed by atoms with Crippen LogP contribution in [0.2, 0.25) is 0 Å². The highest BCUT2D eigenvalue weighted by molar-refractivity contribution is 5.85. The lowest BCUT2D eigenvalue weighted by atomic mass is 9.71. The Labute approximate surface area is 169 Å². The molecule has 5 rings (SSSR count). The molecular formula is C26H32N2. The first-order valence-electron chi connectivity index (χ1n) is 11.0. The third-order valence-electron chi connectivity index (χ3n) is 7.41. The van der Waals surface area contributed by atoms with Crippen LogP contribution in [0.1, 0.15) is 67.2 Å². The summed E-state index contributed by atoms with van der Waals surface area (Å²) in [6, 6.07) is 20.0. The van der Waals surface area contributed by atoms with Gasteiger partial charge in [0.1, 0.15) is 0 Å². The van der Waals surface area contributed by atoms with Gasteiger partial charge in [-0.05, 0) is 88.1 Å². The van der Waals surface area contributed by atoms with E-state index >= 15 is 0 Å². The number of aromatic amines is 1. The van der Waals surface area contributed by atoms with Crippen molar-refractivity contribution in [1.29, 1.82) is 0 Å². The summed E-state index contributed by atoms with van der Waals surface area (Å²) in [4.78, 5) is 6.35. The molecule has 0 radical (unpaired) electrons. The average molecular weight is 373 g/mol. The molecule has 2 aliphatic carbocycles. The van der Waals surface area contributed by atoms with Crippen molar-refractivity contribution >= 4 is 10.9 Å². The van der Waals surface area contributed by atoms with Crippen molar-refractivity contribution in [3.05, 3.63) is 71.4 Å². The molecule has 2 saturated carbocycles. The van der Waals surface area contributed by atoms with Crippen LogP contribution < -0.4 is 0 Å². The Hall–Kier alpha value is -2.06. The van der Waals surface area contributed by atoms with Gasteiger partial charge >= 0.3 is 0 Å². The molecule has 1 aromatic heterocycles. The molecule has 0 atom stereocenters. The van der Waals surface area contributed by atoms with E-state index in [9.17, 15) is 0 Å². The van der Waals surface area contributed by atoms with Crippen molar-refractivity contribution < 1.29 is 0 Å². The van der Waals surface area contributed by atoms with Crippen molar-refractivity contribution in [2.75, 3.05) is 14.1 Å². The molecule has 146 valence electrons. The molecule has 0 saturated heterocycles. The van der Waals surface area contributed by atoms with Gasteiger partial charge in [-0.15, -0.1) is 0 Å². The van der Waals surface area contributed by atoms with E-state index < -0.39 is 0 Å². The minimum absolute atomic E-state index is 0.295. The van der Waals surface area contributed by atoms with Gasteiger partial charge in [0.25, 0.3) is 0 Å². The van der Waals surface area contributed by atoms with E-state index in [0.717, 1.165) is 12.3 Å². The van der Waals surface area contributed by atoms with Crippen LogP contribution in [-0.4, -0.2) is 29.5 Å². The second kappa shape index (κ2) is 7.08. The number of aromatic nitrogens is 1. The first-order chi connectivity index (χ1) is 13.7. The number of likely N-dealkylation sites (N-methyl/N-ethyl adjacent to an activating group) is 1. The van der Waals surface area contributed by atoms with Crippen LogP contribution in [0.4, 0.5) is 0 Å². The van der Waals surface area contributed by atoms with Gasteiger partial charge in [0.05, 0.1) is 0 Å². The fourth-order valence-electron chi connectivity index (χ4n) is 5.52. The Morgan fingerprint density at radius 1 is 0.857 bits per heavy atom. The lowest BCUT2D eigenvalue weighted by molar-refractivity contribution is 0.0920. The number of nitrogens with one attached hydrogen (secondary N) is 1. The lowest BCUT2D eigenvalue weighted by Crippen LogP contribution is -2.48. The predicted molar refractivity (Wildman–Crippen MR) is 118 cm³/mol. The van der Waals surface area contributed by atoms with Crippen LogP contribution in [0.15, 0.2) is 54.6 Å². The largest absolute Gasteiger partial charge is 0.358 e. The molecule has 0 bridgehead atoms. The van der Waals surface area contributed by atoms with E-state index in [-0.39, 0.29) is 0 Å².